The van der Waals surface area contributed by atoms with Crippen LogP contribution in [0.15, 0.2) is 48.5 Å². The van der Waals surface area contributed by atoms with E-state index >= 15 is 0 Å². The molecule has 5 rings (SSSR count). The highest BCUT2D eigenvalue weighted by molar-refractivity contribution is 7.17. The number of nitrogens with zero attached hydrogens (tertiary/aromatic N) is 5. The number of thiazole rings is 1. The van der Waals surface area contributed by atoms with E-state index in [1.165, 1.54) is 27.5 Å². The lowest BCUT2D eigenvalue weighted by Gasteiger charge is -2.39. The second kappa shape index (κ2) is 9.17. The average Bonchev–Trinajstić information content (AvgIpc) is 3.37. The molecule has 3 heterocycles. The van der Waals surface area contributed by atoms with Crippen LogP contribution in [-0.2, 0) is 13.0 Å². The Bertz CT molecular complexity index is 1250. The van der Waals surface area contributed by atoms with Gasteiger partial charge in [-0.05, 0) is 23.3 Å². The molecule has 1 saturated heterocycles. The third kappa shape index (κ3) is 4.36. The Kier molecular flexibility index (Phi) is 6.09. The van der Waals surface area contributed by atoms with E-state index in [4.69, 9.17) is 0 Å². The molecule has 0 saturated carbocycles. The van der Waals surface area contributed by atoms with Crippen LogP contribution < -0.4 is 0 Å². The SMILES string of the molecule is CCc1nc2sc(C(c3ccc(F)c(F)c3)N3CCN(Cc4ccccc4)CC3)c(O)n2n1. The van der Waals surface area contributed by atoms with Crippen LogP contribution in [0.1, 0.15) is 34.8 Å². The summed E-state index contributed by atoms with van der Waals surface area (Å²) in [6.45, 7) is 5.93. The fraction of sp³-hybridized carbons (Fsp3) is 0.333. The Morgan fingerprint density at radius 3 is 2.45 bits per heavy atom. The molecule has 2 aromatic carbocycles. The summed E-state index contributed by atoms with van der Waals surface area (Å²) in [5, 5.41) is 15.4. The lowest BCUT2D eigenvalue weighted by Crippen LogP contribution is -2.47. The molecule has 9 heteroatoms. The van der Waals surface area contributed by atoms with Gasteiger partial charge in [0.25, 0.3) is 0 Å². The van der Waals surface area contributed by atoms with Crippen molar-refractivity contribution in [3.63, 3.8) is 0 Å². The first-order chi connectivity index (χ1) is 16.0. The van der Waals surface area contributed by atoms with Gasteiger partial charge in [-0.25, -0.2) is 13.8 Å². The largest absolute Gasteiger partial charge is 0.492 e. The zero-order valence-electron chi connectivity index (χ0n) is 18.3. The smallest absolute Gasteiger partial charge is 0.230 e. The van der Waals surface area contributed by atoms with Gasteiger partial charge in [0.1, 0.15) is 0 Å². The molecular formula is C24H25F2N5OS. The molecule has 1 unspecified atom stereocenters. The Balaban J connectivity index is 1.44. The van der Waals surface area contributed by atoms with Crippen molar-refractivity contribution in [2.24, 2.45) is 0 Å². The summed E-state index contributed by atoms with van der Waals surface area (Å²) in [6.07, 6.45) is 0.666. The number of hydrogen-bond acceptors (Lipinski definition) is 6. The minimum Gasteiger partial charge on any atom is -0.492 e. The summed E-state index contributed by atoms with van der Waals surface area (Å²) in [5.74, 6) is -1.12. The molecule has 1 N–H and O–H groups in total. The number of rotatable bonds is 6. The molecule has 33 heavy (non-hydrogen) atoms. The third-order valence-electron chi connectivity index (χ3n) is 6.09. The number of piperazine rings is 1. The highest BCUT2D eigenvalue weighted by Crippen LogP contribution is 2.40. The maximum Gasteiger partial charge on any atom is 0.230 e. The van der Waals surface area contributed by atoms with Crippen molar-refractivity contribution in [3.8, 4) is 5.88 Å². The Morgan fingerprint density at radius 1 is 1.03 bits per heavy atom. The summed E-state index contributed by atoms with van der Waals surface area (Å²) >= 11 is 1.34. The highest BCUT2D eigenvalue weighted by Gasteiger charge is 2.32. The quantitative estimate of drug-likeness (QED) is 0.458. The van der Waals surface area contributed by atoms with E-state index in [0.29, 0.717) is 27.6 Å². The first-order valence-electron chi connectivity index (χ1n) is 11.1. The van der Waals surface area contributed by atoms with Gasteiger partial charge < -0.3 is 5.11 Å². The topological polar surface area (TPSA) is 56.9 Å². The van der Waals surface area contributed by atoms with Crippen LogP contribution in [-0.4, -0.2) is 55.7 Å². The van der Waals surface area contributed by atoms with E-state index in [9.17, 15) is 13.9 Å². The molecule has 2 aromatic heterocycles. The van der Waals surface area contributed by atoms with E-state index in [2.05, 4.69) is 32.0 Å². The molecule has 1 aliphatic rings. The molecule has 0 aliphatic carbocycles. The van der Waals surface area contributed by atoms with E-state index in [1.807, 2.05) is 25.1 Å². The van der Waals surface area contributed by atoms with Gasteiger partial charge in [0.05, 0.1) is 10.9 Å². The number of hydrogen-bond donors (Lipinski definition) is 1. The normalized spacial score (nSPS) is 16.5. The number of halogens is 2. The standard InChI is InChI=1S/C24H25F2N5OS/c1-2-20-27-24-31(28-20)23(32)22(33-24)21(17-8-9-18(25)19(26)14-17)30-12-10-29(11-13-30)15-16-6-4-3-5-7-16/h3-9,14,21,32H,2,10-13,15H2,1H3. The van der Waals surface area contributed by atoms with Crippen molar-refractivity contribution in [1.82, 2.24) is 24.4 Å². The van der Waals surface area contributed by atoms with Gasteiger partial charge in [-0.1, -0.05) is 54.7 Å². The zero-order chi connectivity index (χ0) is 22.9. The fourth-order valence-electron chi connectivity index (χ4n) is 4.35. The van der Waals surface area contributed by atoms with Crippen molar-refractivity contribution >= 4 is 16.3 Å². The van der Waals surface area contributed by atoms with Gasteiger partial charge in [0.15, 0.2) is 17.5 Å². The molecule has 0 spiro atoms. The zero-order valence-corrected chi connectivity index (χ0v) is 19.1. The summed E-state index contributed by atoms with van der Waals surface area (Å²) in [6, 6.07) is 13.9. The summed E-state index contributed by atoms with van der Waals surface area (Å²) in [4.78, 5) is 10.3. The first-order valence-corrected chi connectivity index (χ1v) is 11.9. The van der Waals surface area contributed by atoms with Crippen LogP contribution in [0.3, 0.4) is 0 Å². The Labute approximate surface area is 194 Å². The number of aryl methyl sites for hydroxylation is 1. The summed E-state index contributed by atoms with van der Waals surface area (Å²) in [7, 11) is 0. The number of fused-ring (bicyclic) bond motifs is 1. The van der Waals surface area contributed by atoms with E-state index in [1.54, 1.807) is 6.07 Å². The molecule has 1 atom stereocenters. The Hall–Kier alpha value is -2.88. The second-order valence-electron chi connectivity index (χ2n) is 8.24. The molecule has 0 radical (unpaired) electrons. The summed E-state index contributed by atoms with van der Waals surface area (Å²) in [5.41, 5.74) is 1.86. The van der Waals surface area contributed by atoms with Crippen molar-refractivity contribution < 1.29 is 13.9 Å². The predicted octanol–water partition coefficient (Wildman–Crippen LogP) is 4.24. The van der Waals surface area contributed by atoms with Crippen LogP contribution in [0.2, 0.25) is 0 Å². The Morgan fingerprint density at radius 2 is 1.79 bits per heavy atom. The maximum atomic E-state index is 14.2. The minimum atomic E-state index is -0.896. The molecule has 0 bridgehead atoms. The predicted molar refractivity (Wildman–Crippen MR) is 123 cm³/mol. The maximum absolute atomic E-state index is 14.2. The van der Waals surface area contributed by atoms with Crippen LogP contribution in [0.25, 0.3) is 4.96 Å². The molecule has 1 fully saturated rings. The second-order valence-corrected chi connectivity index (χ2v) is 9.25. The molecule has 6 nitrogen and oxygen atoms in total. The van der Waals surface area contributed by atoms with Crippen molar-refractivity contribution in [3.05, 3.63) is 82.0 Å². The van der Waals surface area contributed by atoms with Crippen molar-refractivity contribution in [2.75, 3.05) is 26.2 Å². The van der Waals surface area contributed by atoms with Crippen molar-refractivity contribution in [2.45, 2.75) is 25.9 Å². The molecule has 0 amide bonds. The van der Waals surface area contributed by atoms with E-state index < -0.39 is 17.7 Å². The number of benzene rings is 2. The lowest BCUT2D eigenvalue weighted by atomic mass is 10.0. The third-order valence-corrected chi connectivity index (χ3v) is 7.16. The van der Waals surface area contributed by atoms with Gasteiger partial charge in [0.2, 0.25) is 10.8 Å². The van der Waals surface area contributed by atoms with Gasteiger partial charge in [0, 0.05) is 39.1 Å². The van der Waals surface area contributed by atoms with E-state index in [0.717, 1.165) is 38.8 Å². The average molecular weight is 470 g/mol. The first kappa shape index (κ1) is 21.9. The van der Waals surface area contributed by atoms with Gasteiger partial charge in [-0.3, -0.25) is 9.80 Å². The van der Waals surface area contributed by atoms with Crippen LogP contribution >= 0.6 is 11.3 Å². The molecule has 1 aliphatic heterocycles. The lowest BCUT2D eigenvalue weighted by molar-refractivity contribution is 0.105. The summed E-state index contributed by atoms with van der Waals surface area (Å²) < 4.78 is 29.3. The van der Waals surface area contributed by atoms with Crippen LogP contribution in [0.4, 0.5) is 8.78 Å². The van der Waals surface area contributed by atoms with E-state index in [-0.39, 0.29) is 5.88 Å². The monoisotopic (exact) mass is 469 g/mol. The van der Waals surface area contributed by atoms with Gasteiger partial charge in [-0.2, -0.15) is 4.52 Å². The molecule has 4 aromatic rings. The highest BCUT2D eigenvalue weighted by atomic mass is 32.1. The molecule has 172 valence electrons. The molecular weight excluding hydrogens is 444 g/mol. The van der Waals surface area contributed by atoms with Crippen LogP contribution in [0.5, 0.6) is 5.88 Å². The van der Waals surface area contributed by atoms with Crippen molar-refractivity contribution in [1.29, 1.82) is 0 Å². The van der Waals surface area contributed by atoms with Gasteiger partial charge in [-0.15, -0.1) is 5.10 Å². The van der Waals surface area contributed by atoms with Crippen LogP contribution in [0, 0.1) is 11.6 Å². The number of aromatic hydroxyl groups is 1. The number of aromatic nitrogens is 3. The van der Waals surface area contributed by atoms with Gasteiger partial charge >= 0.3 is 0 Å². The minimum absolute atomic E-state index is 0.00338. The fourth-order valence-corrected chi connectivity index (χ4v) is 5.49.